The third-order valence-corrected chi connectivity index (χ3v) is 3.65. The molecule has 1 N–H and O–H groups in total. The number of hydrogen-bond acceptors (Lipinski definition) is 4. The molecule has 1 atom stereocenters. The lowest BCUT2D eigenvalue weighted by atomic mass is 10.1. The topological polar surface area (TPSA) is 54.2 Å². The highest BCUT2D eigenvalue weighted by Crippen LogP contribution is 2.27. The Morgan fingerprint density at radius 2 is 2.15 bits per heavy atom. The van der Waals surface area contributed by atoms with Crippen LogP contribution in [-0.4, -0.2) is 45.4 Å². The summed E-state index contributed by atoms with van der Waals surface area (Å²) in [6, 6.07) is 5.64. The Hall–Kier alpha value is -1.24. The van der Waals surface area contributed by atoms with Crippen LogP contribution < -0.4 is 0 Å². The molecule has 20 heavy (non-hydrogen) atoms. The second kappa shape index (κ2) is 6.47. The summed E-state index contributed by atoms with van der Waals surface area (Å²) in [5.74, 6) is 0. The van der Waals surface area contributed by atoms with E-state index in [1.54, 1.807) is 6.20 Å². The highest BCUT2D eigenvalue weighted by Gasteiger charge is 2.20. The number of aromatic nitrogens is 3. The van der Waals surface area contributed by atoms with Crippen molar-refractivity contribution in [3.8, 4) is 0 Å². The summed E-state index contributed by atoms with van der Waals surface area (Å²) in [6.45, 7) is 3.49. The average Bonchev–Trinajstić information content (AvgIpc) is 2.76. The first-order valence-corrected chi connectivity index (χ1v) is 7.26. The van der Waals surface area contributed by atoms with Crippen molar-refractivity contribution in [2.75, 3.05) is 20.6 Å². The van der Waals surface area contributed by atoms with Gasteiger partial charge in [0, 0.05) is 12.2 Å². The van der Waals surface area contributed by atoms with Gasteiger partial charge in [-0.15, -0.1) is 0 Å². The Balaban J connectivity index is 2.29. The minimum atomic E-state index is -0.783. The molecule has 0 aliphatic rings. The van der Waals surface area contributed by atoms with Crippen molar-refractivity contribution in [2.45, 2.75) is 19.6 Å². The van der Waals surface area contributed by atoms with Crippen molar-refractivity contribution in [1.29, 1.82) is 0 Å². The molecule has 2 heterocycles. The number of hydrogen-bond donors (Lipinski definition) is 1. The van der Waals surface area contributed by atoms with Gasteiger partial charge < -0.3 is 10.0 Å². The maximum atomic E-state index is 10.6. The summed E-state index contributed by atoms with van der Waals surface area (Å²) in [5, 5.41) is 14.9. The summed E-state index contributed by atoms with van der Waals surface area (Å²) >= 11 is 3.46. The first kappa shape index (κ1) is 15.2. The van der Waals surface area contributed by atoms with Gasteiger partial charge in [0.25, 0.3) is 0 Å². The molecule has 0 aliphatic heterocycles. The summed E-state index contributed by atoms with van der Waals surface area (Å²) in [7, 11) is 4.02. The zero-order valence-corrected chi connectivity index (χ0v) is 13.5. The average molecular weight is 339 g/mol. The van der Waals surface area contributed by atoms with Crippen LogP contribution in [0.4, 0.5) is 0 Å². The normalized spacial score (nSPS) is 12.9. The van der Waals surface area contributed by atoms with Crippen LogP contribution >= 0.6 is 15.9 Å². The first-order chi connectivity index (χ1) is 9.49. The molecule has 2 aromatic heterocycles. The van der Waals surface area contributed by atoms with Crippen molar-refractivity contribution in [3.63, 3.8) is 0 Å². The van der Waals surface area contributed by atoms with E-state index >= 15 is 0 Å². The number of nitrogens with zero attached hydrogens (tertiary/aromatic N) is 4. The smallest absolute Gasteiger partial charge is 0.139 e. The van der Waals surface area contributed by atoms with Crippen molar-refractivity contribution in [1.82, 2.24) is 19.7 Å². The number of aryl methyl sites for hydroxylation is 1. The van der Waals surface area contributed by atoms with Gasteiger partial charge >= 0.3 is 0 Å². The number of pyridine rings is 1. The lowest BCUT2D eigenvalue weighted by Gasteiger charge is -2.16. The Labute approximate surface area is 127 Å². The highest BCUT2D eigenvalue weighted by atomic mass is 79.9. The van der Waals surface area contributed by atoms with Crippen LogP contribution in [0, 0.1) is 6.92 Å². The minimum Gasteiger partial charge on any atom is -0.380 e. The molecule has 0 spiro atoms. The van der Waals surface area contributed by atoms with Crippen LogP contribution in [-0.2, 0) is 6.54 Å². The predicted molar refractivity (Wildman–Crippen MR) is 81.5 cm³/mol. The quantitative estimate of drug-likeness (QED) is 0.905. The second-order valence-electron chi connectivity index (χ2n) is 5.01. The highest BCUT2D eigenvalue weighted by molar-refractivity contribution is 9.10. The molecule has 0 saturated heterocycles. The molecule has 0 saturated carbocycles. The molecule has 5 nitrogen and oxygen atoms in total. The number of likely N-dealkylation sites (N-methyl/N-ethyl adjacent to an activating group) is 1. The molecule has 0 bridgehead atoms. The lowest BCUT2D eigenvalue weighted by Crippen LogP contribution is -2.21. The standard InChI is InChI=1S/C14H19BrN4O/c1-10-5-4-6-12(17-10)14(20)13-11(15)9-16-19(13)8-7-18(2)3/h4-6,9,14,20H,7-8H2,1-3H3. The van der Waals surface area contributed by atoms with E-state index < -0.39 is 6.10 Å². The molecule has 1 unspecified atom stereocenters. The van der Waals surface area contributed by atoms with E-state index in [1.807, 2.05) is 43.9 Å². The Morgan fingerprint density at radius 1 is 1.40 bits per heavy atom. The van der Waals surface area contributed by atoms with Crippen molar-refractivity contribution in [2.24, 2.45) is 0 Å². The molecule has 0 fully saturated rings. The second-order valence-corrected chi connectivity index (χ2v) is 5.86. The van der Waals surface area contributed by atoms with Crippen LogP contribution in [0.15, 0.2) is 28.9 Å². The van der Waals surface area contributed by atoms with E-state index in [4.69, 9.17) is 0 Å². The summed E-state index contributed by atoms with van der Waals surface area (Å²) in [4.78, 5) is 6.46. The molecule has 0 aliphatic carbocycles. The molecule has 108 valence electrons. The van der Waals surface area contributed by atoms with Gasteiger partial charge in [0.1, 0.15) is 6.10 Å². The molecule has 0 amide bonds. The number of rotatable bonds is 5. The molecule has 0 aromatic carbocycles. The number of aliphatic hydroxyl groups is 1. The van der Waals surface area contributed by atoms with E-state index in [9.17, 15) is 5.11 Å². The molecule has 0 radical (unpaired) electrons. The molecular weight excluding hydrogens is 320 g/mol. The summed E-state index contributed by atoms with van der Waals surface area (Å²) in [5.41, 5.74) is 2.26. The van der Waals surface area contributed by atoms with E-state index in [-0.39, 0.29) is 0 Å². The predicted octanol–water partition coefficient (Wildman–Crippen LogP) is 1.99. The molecule has 6 heteroatoms. The number of halogens is 1. The van der Waals surface area contributed by atoms with E-state index in [1.165, 1.54) is 0 Å². The maximum Gasteiger partial charge on any atom is 0.139 e. The largest absolute Gasteiger partial charge is 0.380 e. The van der Waals surface area contributed by atoms with Crippen molar-refractivity contribution < 1.29 is 5.11 Å². The van der Waals surface area contributed by atoms with Crippen molar-refractivity contribution in [3.05, 3.63) is 46.0 Å². The third kappa shape index (κ3) is 3.45. The van der Waals surface area contributed by atoms with Gasteiger partial charge in [-0.05, 0) is 49.1 Å². The summed E-state index contributed by atoms with van der Waals surface area (Å²) < 4.78 is 2.62. The Bertz CT molecular complexity index is 582. The zero-order valence-electron chi connectivity index (χ0n) is 11.9. The van der Waals surface area contributed by atoms with Gasteiger partial charge in [-0.25, -0.2) is 0 Å². The molecule has 2 aromatic rings. The van der Waals surface area contributed by atoms with Gasteiger partial charge in [0.05, 0.1) is 28.6 Å². The minimum absolute atomic E-state index is 0.636. The fraction of sp³-hybridized carbons (Fsp3) is 0.429. The molecule has 2 rings (SSSR count). The van der Waals surface area contributed by atoms with E-state index in [0.29, 0.717) is 5.69 Å². The fourth-order valence-electron chi connectivity index (χ4n) is 1.97. The van der Waals surface area contributed by atoms with Crippen LogP contribution in [0.2, 0.25) is 0 Å². The molecular formula is C14H19BrN4O. The monoisotopic (exact) mass is 338 g/mol. The SMILES string of the molecule is Cc1cccc(C(O)c2c(Br)cnn2CCN(C)C)n1. The Kier molecular flexibility index (Phi) is 4.91. The van der Waals surface area contributed by atoms with E-state index in [0.717, 1.165) is 29.0 Å². The maximum absolute atomic E-state index is 10.6. The van der Waals surface area contributed by atoms with Gasteiger partial charge in [-0.1, -0.05) is 6.07 Å². The van der Waals surface area contributed by atoms with Gasteiger partial charge in [0.15, 0.2) is 0 Å². The third-order valence-electron chi connectivity index (χ3n) is 3.04. The lowest BCUT2D eigenvalue weighted by molar-refractivity contribution is 0.200. The van der Waals surface area contributed by atoms with Crippen LogP contribution in [0.1, 0.15) is 23.2 Å². The van der Waals surface area contributed by atoms with E-state index in [2.05, 4.69) is 30.9 Å². The van der Waals surface area contributed by atoms with Crippen LogP contribution in [0.5, 0.6) is 0 Å². The fourth-order valence-corrected chi connectivity index (χ4v) is 2.49. The number of aliphatic hydroxyl groups excluding tert-OH is 1. The van der Waals surface area contributed by atoms with Crippen LogP contribution in [0.25, 0.3) is 0 Å². The van der Waals surface area contributed by atoms with Gasteiger partial charge in [-0.2, -0.15) is 5.10 Å². The zero-order chi connectivity index (χ0) is 14.7. The van der Waals surface area contributed by atoms with Crippen LogP contribution in [0.3, 0.4) is 0 Å². The summed E-state index contributed by atoms with van der Waals surface area (Å²) in [6.07, 6.45) is 0.929. The van der Waals surface area contributed by atoms with Gasteiger partial charge in [0.2, 0.25) is 0 Å². The Morgan fingerprint density at radius 3 is 2.80 bits per heavy atom. The van der Waals surface area contributed by atoms with Crippen molar-refractivity contribution >= 4 is 15.9 Å². The van der Waals surface area contributed by atoms with Gasteiger partial charge in [-0.3, -0.25) is 9.67 Å². The first-order valence-electron chi connectivity index (χ1n) is 6.46.